The maximum absolute atomic E-state index is 12.9. The third-order valence-electron chi connectivity index (χ3n) is 5.90. The van der Waals surface area contributed by atoms with E-state index in [1.807, 2.05) is 56.3 Å². The summed E-state index contributed by atoms with van der Waals surface area (Å²) >= 11 is 0. The van der Waals surface area contributed by atoms with Gasteiger partial charge in [0.2, 0.25) is 0 Å². The van der Waals surface area contributed by atoms with Crippen molar-refractivity contribution in [2.24, 2.45) is 5.92 Å². The number of amides is 1. The van der Waals surface area contributed by atoms with Crippen LogP contribution in [0.3, 0.4) is 0 Å². The van der Waals surface area contributed by atoms with Crippen LogP contribution in [0.2, 0.25) is 0 Å². The van der Waals surface area contributed by atoms with Crippen molar-refractivity contribution in [3.05, 3.63) is 53.6 Å². The van der Waals surface area contributed by atoms with Gasteiger partial charge in [-0.2, -0.15) is 0 Å². The largest absolute Gasteiger partial charge is 0.497 e. The highest BCUT2D eigenvalue weighted by molar-refractivity contribution is 5.81. The summed E-state index contributed by atoms with van der Waals surface area (Å²) in [7, 11) is 4.47. The molecule has 1 amide bonds. The molecular weight excluding hydrogens is 426 g/mol. The Morgan fingerprint density at radius 1 is 1.09 bits per heavy atom. The molecule has 8 heteroatoms. The summed E-state index contributed by atoms with van der Waals surface area (Å²) in [6, 6.07) is 12.2. The molecule has 0 fully saturated rings. The van der Waals surface area contributed by atoms with Crippen LogP contribution in [0.1, 0.15) is 37.5 Å². The molecule has 0 saturated carbocycles. The lowest BCUT2D eigenvalue weighted by Gasteiger charge is -2.34. The van der Waals surface area contributed by atoms with E-state index >= 15 is 0 Å². The first-order valence-corrected chi connectivity index (χ1v) is 10.9. The summed E-state index contributed by atoms with van der Waals surface area (Å²) in [6.45, 7) is 3.80. The topological polar surface area (TPSA) is 92.3 Å². The Labute approximate surface area is 194 Å². The van der Waals surface area contributed by atoms with Crippen molar-refractivity contribution in [1.82, 2.24) is 5.32 Å². The van der Waals surface area contributed by atoms with Crippen molar-refractivity contribution < 1.29 is 33.3 Å². The van der Waals surface area contributed by atoms with Crippen LogP contribution in [0.25, 0.3) is 0 Å². The van der Waals surface area contributed by atoms with E-state index in [-0.39, 0.29) is 5.92 Å². The van der Waals surface area contributed by atoms with Crippen molar-refractivity contribution in [2.75, 3.05) is 21.3 Å². The first kappa shape index (κ1) is 24.2. The average Bonchev–Trinajstić information content (AvgIpc) is 2.85. The summed E-state index contributed by atoms with van der Waals surface area (Å²) in [5.41, 5.74) is 1.66. The first-order valence-electron chi connectivity index (χ1n) is 10.9. The molecule has 3 rings (SSSR count). The van der Waals surface area contributed by atoms with Gasteiger partial charge in [0.25, 0.3) is 0 Å². The second-order valence-corrected chi connectivity index (χ2v) is 7.97. The van der Waals surface area contributed by atoms with Crippen LogP contribution in [0.5, 0.6) is 17.2 Å². The number of hydrogen-bond donors (Lipinski definition) is 1. The lowest BCUT2D eigenvalue weighted by atomic mass is 9.94. The number of carbonyl (C=O) groups excluding carboxylic acids is 2. The van der Waals surface area contributed by atoms with E-state index in [1.54, 1.807) is 14.2 Å². The molecule has 4 atom stereocenters. The Morgan fingerprint density at radius 3 is 2.48 bits per heavy atom. The summed E-state index contributed by atoms with van der Waals surface area (Å²) in [5, 5.41) is 2.67. The fourth-order valence-corrected chi connectivity index (χ4v) is 3.79. The minimum Gasteiger partial charge on any atom is -0.497 e. The van der Waals surface area contributed by atoms with Crippen LogP contribution in [0, 0.1) is 5.92 Å². The standard InChI is InChI=1S/C25H31NO7/c1-6-15(2)22(24(27)31-5)26-25(28)33-21-14-17-13-19(30-4)10-11-20(17)32-23(21)16-8-7-9-18(12-16)29-3/h7-13,15,21-23H,6,14H2,1-5H3,(H,26,28)/t15-,21?,22+,23-/m0/s1. The molecule has 178 valence electrons. The number of benzene rings is 2. The lowest BCUT2D eigenvalue weighted by molar-refractivity contribution is -0.144. The molecule has 1 N–H and O–H groups in total. The van der Waals surface area contributed by atoms with Gasteiger partial charge in [-0.3, -0.25) is 0 Å². The van der Waals surface area contributed by atoms with E-state index in [2.05, 4.69) is 5.32 Å². The molecule has 2 aromatic rings. The number of rotatable bonds is 8. The maximum Gasteiger partial charge on any atom is 0.408 e. The zero-order valence-corrected chi connectivity index (χ0v) is 19.6. The molecule has 1 unspecified atom stereocenters. The Balaban J connectivity index is 1.87. The summed E-state index contributed by atoms with van der Waals surface area (Å²) in [5.74, 6) is 1.41. The highest BCUT2D eigenvalue weighted by atomic mass is 16.6. The molecular formula is C25H31NO7. The van der Waals surface area contributed by atoms with E-state index in [0.29, 0.717) is 30.1 Å². The van der Waals surface area contributed by atoms with Gasteiger partial charge in [-0.25, -0.2) is 9.59 Å². The molecule has 0 aliphatic carbocycles. The Kier molecular flexibility index (Phi) is 8.03. The number of alkyl carbamates (subject to hydrolysis) is 1. The van der Waals surface area contributed by atoms with Crippen molar-refractivity contribution >= 4 is 12.1 Å². The van der Waals surface area contributed by atoms with E-state index in [4.69, 9.17) is 23.7 Å². The van der Waals surface area contributed by atoms with Crippen LogP contribution in [0.15, 0.2) is 42.5 Å². The van der Waals surface area contributed by atoms with Gasteiger partial charge >= 0.3 is 12.1 Å². The van der Waals surface area contributed by atoms with Gasteiger partial charge in [0.1, 0.15) is 29.4 Å². The SMILES string of the molecule is CC[C@H](C)[C@@H](NC(=O)OC1Cc2cc(OC)ccc2O[C@H]1c1cccc(OC)c1)C(=O)OC. The van der Waals surface area contributed by atoms with Gasteiger partial charge in [0.15, 0.2) is 6.10 Å². The fourth-order valence-electron chi connectivity index (χ4n) is 3.79. The van der Waals surface area contributed by atoms with Crippen LogP contribution in [-0.4, -0.2) is 45.5 Å². The van der Waals surface area contributed by atoms with E-state index in [1.165, 1.54) is 7.11 Å². The molecule has 8 nitrogen and oxygen atoms in total. The predicted octanol–water partition coefficient (Wildman–Crippen LogP) is 4.06. The monoisotopic (exact) mass is 457 g/mol. The zero-order valence-electron chi connectivity index (χ0n) is 19.6. The number of ether oxygens (including phenoxy) is 5. The normalized spacial score (nSPS) is 18.7. The fraction of sp³-hybridized carbons (Fsp3) is 0.440. The number of hydrogen-bond acceptors (Lipinski definition) is 7. The van der Waals surface area contributed by atoms with Crippen LogP contribution in [-0.2, 0) is 20.7 Å². The second kappa shape index (κ2) is 10.9. The van der Waals surface area contributed by atoms with E-state index in [0.717, 1.165) is 11.1 Å². The molecule has 0 radical (unpaired) electrons. The number of esters is 1. The van der Waals surface area contributed by atoms with Crippen molar-refractivity contribution in [3.8, 4) is 17.2 Å². The average molecular weight is 458 g/mol. The quantitative estimate of drug-likeness (QED) is 0.598. The summed E-state index contributed by atoms with van der Waals surface area (Å²) in [4.78, 5) is 25.0. The Hall–Kier alpha value is -3.42. The number of methoxy groups -OCH3 is 3. The van der Waals surface area contributed by atoms with Gasteiger partial charge in [-0.05, 0) is 41.8 Å². The number of fused-ring (bicyclic) bond motifs is 1. The molecule has 1 aliphatic rings. The smallest absolute Gasteiger partial charge is 0.408 e. The predicted molar refractivity (Wildman–Crippen MR) is 122 cm³/mol. The zero-order chi connectivity index (χ0) is 24.0. The van der Waals surface area contributed by atoms with E-state index < -0.39 is 30.3 Å². The summed E-state index contributed by atoms with van der Waals surface area (Å²) < 4.78 is 27.6. The minimum atomic E-state index is -0.806. The lowest BCUT2D eigenvalue weighted by Crippen LogP contribution is -2.48. The van der Waals surface area contributed by atoms with Crippen LogP contribution in [0.4, 0.5) is 4.79 Å². The minimum absolute atomic E-state index is 0.119. The molecule has 0 bridgehead atoms. The van der Waals surface area contributed by atoms with Crippen LogP contribution >= 0.6 is 0 Å². The molecule has 1 heterocycles. The van der Waals surface area contributed by atoms with Crippen molar-refractivity contribution in [1.29, 1.82) is 0 Å². The molecule has 0 spiro atoms. The highest BCUT2D eigenvalue weighted by Crippen LogP contribution is 2.39. The first-order chi connectivity index (χ1) is 15.9. The number of nitrogens with one attached hydrogen (secondary N) is 1. The van der Waals surface area contributed by atoms with Crippen molar-refractivity contribution in [3.63, 3.8) is 0 Å². The van der Waals surface area contributed by atoms with E-state index in [9.17, 15) is 9.59 Å². The van der Waals surface area contributed by atoms with Crippen LogP contribution < -0.4 is 19.5 Å². The second-order valence-electron chi connectivity index (χ2n) is 7.97. The third-order valence-corrected chi connectivity index (χ3v) is 5.90. The van der Waals surface area contributed by atoms with Gasteiger partial charge < -0.3 is 29.0 Å². The molecule has 0 saturated heterocycles. The van der Waals surface area contributed by atoms with Crippen molar-refractivity contribution in [2.45, 2.75) is 44.9 Å². The molecule has 1 aliphatic heterocycles. The Bertz CT molecular complexity index is 977. The maximum atomic E-state index is 12.9. The summed E-state index contributed by atoms with van der Waals surface area (Å²) in [6.07, 6.45) is -0.822. The highest BCUT2D eigenvalue weighted by Gasteiger charge is 2.36. The number of carbonyl (C=O) groups is 2. The van der Waals surface area contributed by atoms with Gasteiger partial charge in [-0.1, -0.05) is 32.4 Å². The third kappa shape index (κ3) is 5.69. The van der Waals surface area contributed by atoms with Gasteiger partial charge in [0.05, 0.1) is 21.3 Å². The molecule has 2 aromatic carbocycles. The molecule has 0 aromatic heterocycles. The Morgan fingerprint density at radius 2 is 1.82 bits per heavy atom. The van der Waals surface area contributed by atoms with Gasteiger partial charge in [-0.15, -0.1) is 0 Å². The molecule has 33 heavy (non-hydrogen) atoms. The van der Waals surface area contributed by atoms with Gasteiger partial charge in [0, 0.05) is 12.0 Å².